The van der Waals surface area contributed by atoms with E-state index < -0.39 is 11.6 Å². The van der Waals surface area contributed by atoms with Crippen LogP contribution in [0, 0.1) is 18.6 Å². The molecule has 2 aromatic rings. The fraction of sp³-hybridized carbons (Fsp3) is 0.286. The van der Waals surface area contributed by atoms with E-state index >= 15 is 0 Å². The molecule has 0 aliphatic heterocycles. The zero-order chi connectivity index (χ0) is 14.3. The number of nitrogens with zero attached hydrogens (tertiary/aromatic N) is 2. The summed E-state index contributed by atoms with van der Waals surface area (Å²) in [6.07, 6.45) is 2.07. The summed E-state index contributed by atoms with van der Waals surface area (Å²) in [7, 11) is 0. The molecule has 1 aromatic heterocycles. The Morgan fingerprint density at radius 2 is 1.90 bits per heavy atom. The summed E-state index contributed by atoms with van der Waals surface area (Å²) in [5.41, 5.74) is 0.289. The summed E-state index contributed by atoms with van der Waals surface area (Å²) < 4.78 is 27.3. The summed E-state index contributed by atoms with van der Waals surface area (Å²) in [5, 5.41) is 3.04. The SMILES string of the molecule is Cc1cc(F)c(Nc2cc(Cl)nc(C3CC3)n2)cc1F. The Bertz CT molecular complexity index is 672. The van der Waals surface area contributed by atoms with Gasteiger partial charge in [-0.3, -0.25) is 0 Å². The van der Waals surface area contributed by atoms with E-state index in [4.69, 9.17) is 11.6 Å². The molecule has 0 spiro atoms. The first-order valence-electron chi connectivity index (χ1n) is 6.30. The molecule has 3 nitrogen and oxygen atoms in total. The van der Waals surface area contributed by atoms with E-state index in [1.54, 1.807) is 0 Å². The van der Waals surface area contributed by atoms with Crippen LogP contribution in [0.25, 0.3) is 0 Å². The molecule has 104 valence electrons. The molecule has 0 atom stereocenters. The monoisotopic (exact) mass is 295 g/mol. The van der Waals surface area contributed by atoms with Crippen LogP contribution in [0.2, 0.25) is 5.15 Å². The molecule has 6 heteroatoms. The number of anilines is 2. The molecular weight excluding hydrogens is 284 g/mol. The number of hydrogen-bond donors (Lipinski definition) is 1. The molecule has 1 heterocycles. The number of nitrogens with one attached hydrogen (secondary N) is 1. The number of halogens is 3. The Morgan fingerprint density at radius 1 is 1.15 bits per heavy atom. The molecule has 0 bridgehead atoms. The smallest absolute Gasteiger partial charge is 0.147 e. The maximum atomic E-state index is 13.8. The highest BCUT2D eigenvalue weighted by molar-refractivity contribution is 6.29. The van der Waals surface area contributed by atoms with Crippen molar-refractivity contribution in [1.82, 2.24) is 9.97 Å². The van der Waals surface area contributed by atoms with Crippen molar-refractivity contribution < 1.29 is 8.78 Å². The van der Waals surface area contributed by atoms with Crippen LogP contribution < -0.4 is 5.32 Å². The minimum atomic E-state index is -0.536. The van der Waals surface area contributed by atoms with E-state index in [9.17, 15) is 8.78 Å². The van der Waals surface area contributed by atoms with Crippen molar-refractivity contribution in [2.45, 2.75) is 25.7 Å². The van der Waals surface area contributed by atoms with E-state index in [1.807, 2.05) is 0 Å². The van der Waals surface area contributed by atoms with Crippen LogP contribution in [0.3, 0.4) is 0 Å². The highest BCUT2D eigenvalue weighted by Crippen LogP contribution is 2.39. The molecule has 1 saturated carbocycles. The van der Waals surface area contributed by atoms with Gasteiger partial charge in [0.2, 0.25) is 0 Å². The Morgan fingerprint density at radius 3 is 2.60 bits per heavy atom. The molecule has 0 amide bonds. The zero-order valence-electron chi connectivity index (χ0n) is 10.8. The number of benzene rings is 1. The quantitative estimate of drug-likeness (QED) is 0.856. The maximum absolute atomic E-state index is 13.8. The lowest BCUT2D eigenvalue weighted by molar-refractivity contribution is 0.595. The van der Waals surface area contributed by atoms with Gasteiger partial charge >= 0.3 is 0 Å². The van der Waals surface area contributed by atoms with Crippen molar-refractivity contribution in [2.24, 2.45) is 0 Å². The predicted molar refractivity (Wildman–Crippen MR) is 73.4 cm³/mol. The lowest BCUT2D eigenvalue weighted by Gasteiger charge is -2.09. The van der Waals surface area contributed by atoms with Crippen molar-refractivity contribution in [3.63, 3.8) is 0 Å². The lowest BCUT2D eigenvalue weighted by Crippen LogP contribution is -2.02. The molecule has 0 unspecified atom stereocenters. The minimum absolute atomic E-state index is 0.0320. The highest BCUT2D eigenvalue weighted by Gasteiger charge is 2.27. The minimum Gasteiger partial charge on any atom is -0.338 e. The molecule has 1 N–H and O–H groups in total. The molecular formula is C14H12ClF2N3. The van der Waals surface area contributed by atoms with E-state index in [0.717, 1.165) is 25.0 Å². The van der Waals surface area contributed by atoms with E-state index in [1.165, 1.54) is 13.0 Å². The molecule has 1 aliphatic carbocycles. The topological polar surface area (TPSA) is 37.8 Å². The highest BCUT2D eigenvalue weighted by atomic mass is 35.5. The Balaban J connectivity index is 1.92. The van der Waals surface area contributed by atoms with Gasteiger partial charge in [-0.25, -0.2) is 18.7 Å². The van der Waals surface area contributed by atoms with Crippen LogP contribution in [0.15, 0.2) is 18.2 Å². The summed E-state index contributed by atoms with van der Waals surface area (Å²) in [6, 6.07) is 3.74. The second-order valence-corrected chi connectivity index (χ2v) is 5.30. The number of aryl methyl sites for hydroxylation is 1. The molecule has 0 radical (unpaired) electrons. The third-order valence-electron chi connectivity index (χ3n) is 3.17. The summed E-state index contributed by atoms with van der Waals surface area (Å²) in [4.78, 5) is 8.43. The van der Waals surface area contributed by atoms with Crippen molar-refractivity contribution in [2.75, 3.05) is 5.32 Å². The van der Waals surface area contributed by atoms with Gasteiger partial charge in [-0.1, -0.05) is 11.6 Å². The van der Waals surface area contributed by atoms with Crippen molar-refractivity contribution in [3.8, 4) is 0 Å². The molecule has 20 heavy (non-hydrogen) atoms. The number of hydrogen-bond acceptors (Lipinski definition) is 3. The van der Waals surface area contributed by atoms with Crippen LogP contribution in [0.4, 0.5) is 20.3 Å². The van der Waals surface area contributed by atoms with E-state index in [-0.39, 0.29) is 16.4 Å². The standard InChI is InChI=1S/C14H12ClF2N3/c1-7-4-10(17)11(5-9(7)16)18-13-6-12(15)19-14(20-13)8-2-3-8/h4-6,8H,2-3H2,1H3,(H,18,19,20). The van der Waals surface area contributed by atoms with Gasteiger partial charge in [0.25, 0.3) is 0 Å². The fourth-order valence-corrected chi connectivity index (χ4v) is 2.09. The Labute approximate surface area is 120 Å². The molecule has 1 aromatic carbocycles. The average molecular weight is 296 g/mol. The Kier molecular flexibility index (Phi) is 3.30. The predicted octanol–water partition coefficient (Wildman–Crippen LogP) is 4.34. The van der Waals surface area contributed by atoms with E-state index in [0.29, 0.717) is 17.6 Å². The first-order chi connectivity index (χ1) is 9.52. The summed E-state index contributed by atoms with van der Waals surface area (Å²) in [6.45, 7) is 1.51. The van der Waals surface area contributed by atoms with Gasteiger partial charge in [0, 0.05) is 18.1 Å². The van der Waals surface area contributed by atoms with E-state index in [2.05, 4.69) is 15.3 Å². The first kappa shape index (κ1) is 13.2. The van der Waals surface area contributed by atoms with Gasteiger partial charge in [-0.2, -0.15) is 0 Å². The van der Waals surface area contributed by atoms with Crippen molar-refractivity contribution in [3.05, 3.63) is 46.4 Å². The largest absolute Gasteiger partial charge is 0.338 e. The van der Waals surface area contributed by atoms with Gasteiger partial charge in [0.1, 0.15) is 28.4 Å². The first-order valence-corrected chi connectivity index (χ1v) is 6.68. The zero-order valence-corrected chi connectivity index (χ0v) is 11.5. The Hall–Kier alpha value is -1.75. The molecule has 1 aliphatic rings. The molecule has 1 fully saturated rings. The van der Waals surface area contributed by atoms with Gasteiger partial charge in [-0.05, 0) is 31.4 Å². The van der Waals surface area contributed by atoms with Crippen molar-refractivity contribution >= 4 is 23.1 Å². The maximum Gasteiger partial charge on any atom is 0.147 e. The van der Waals surface area contributed by atoms with Gasteiger partial charge in [0.05, 0.1) is 5.69 Å². The van der Waals surface area contributed by atoms with Crippen LogP contribution in [0.1, 0.15) is 30.1 Å². The average Bonchev–Trinajstić information content (AvgIpc) is 3.19. The fourth-order valence-electron chi connectivity index (χ4n) is 1.90. The third kappa shape index (κ3) is 2.72. The van der Waals surface area contributed by atoms with Crippen LogP contribution in [0.5, 0.6) is 0 Å². The van der Waals surface area contributed by atoms with Crippen LogP contribution >= 0.6 is 11.6 Å². The number of rotatable bonds is 3. The van der Waals surface area contributed by atoms with Gasteiger partial charge in [0.15, 0.2) is 0 Å². The molecule has 3 rings (SSSR count). The van der Waals surface area contributed by atoms with Gasteiger partial charge < -0.3 is 5.32 Å². The normalized spacial score (nSPS) is 14.4. The van der Waals surface area contributed by atoms with Crippen LogP contribution in [-0.4, -0.2) is 9.97 Å². The van der Waals surface area contributed by atoms with Crippen LogP contribution in [-0.2, 0) is 0 Å². The lowest BCUT2D eigenvalue weighted by atomic mass is 10.2. The number of aromatic nitrogens is 2. The second-order valence-electron chi connectivity index (χ2n) is 4.91. The summed E-state index contributed by atoms with van der Waals surface area (Å²) in [5.74, 6) is 0.332. The molecule has 0 saturated heterocycles. The van der Waals surface area contributed by atoms with Gasteiger partial charge in [-0.15, -0.1) is 0 Å². The third-order valence-corrected chi connectivity index (χ3v) is 3.36. The van der Waals surface area contributed by atoms with Crippen molar-refractivity contribution in [1.29, 1.82) is 0 Å². The second kappa shape index (κ2) is 4.98. The summed E-state index contributed by atoms with van der Waals surface area (Å²) >= 11 is 5.93.